The van der Waals surface area contributed by atoms with Gasteiger partial charge in [-0.25, -0.2) is 0 Å². The third kappa shape index (κ3) is 4.67. The van der Waals surface area contributed by atoms with Crippen LogP contribution in [0.15, 0.2) is 66.7 Å². The number of rotatable bonds is 7. The van der Waals surface area contributed by atoms with E-state index in [0.717, 1.165) is 22.0 Å². The van der Waals surface area contributed by atoms with Gasteiger partial charge in [-0.3, -0.25) is 4.79 Å². The minimum absolute atomic E-state index is 0.182. The Morgan fingerprint density at radius 1 is 0.926 bits per heavy atom. The van der Waals surface area contributed by atoms with E-state index < -0.39 is 0 Å². The van der Waals surface area contributed by atoms with Gasteiger partial charge in [-0.05, 0) is 49.1 Å². The van der Waals surface area contributed by atoms with E-state index >= 15 is 0 Å². The lowest BCUT2D eigenvalue weighted by atomic mass is 10.1. The minimum atomic E-state index is -0.182. The van der Waals surface area contributed by atoms with Crippen LogP contribution in [0.1, 0.15) is 19.4 Å². The fourth-order valence-electron chi connectivity index (χ4n) is 2.85. The summed E-state index contributed by atoms with van der Waals surface area (Å²) in [7, 11) is 0. The summed E-state index contributed by atoms with van der Waals surface area (Å²) >= 11 is 0. The highest BCUT2D eigenvalue weighted by molar-refractivity contribution is 6.07. The zero-order chi connectivity index (χ0) is 19.1. The molecule has 4 nitrogen and oxygen atoms in total. The highest BCUT2D eigenvalue weighted by Gasteiger charge is 2.06. The third-order valence-corrected chi connectivity index (χ3v) is 4.04. The van der Waals surface area contributed by atoms with Crippen molar-refractivity contribution in [3.05, 3.63) is 72.3 Å². The van der Waals surface area contributed by atoms with Gasteiger partial charge < -0.3 is 14.8 Å². The van der Waals surface area contributed by atoms with Gasteiger partial charge in [0, 0.05) is 17.1 Å². The number of anilines is 1. The van der Waals surface area contributed by atoms with Crippen molar-refractivity contribution in [2.75, 3.05) is 18.5 Å². The van der Waals surface area contributed by atoms with E-state index in [9.17, 15) is 4.79 Å². The summed E-state index contributed by atoms with van der Waals surface area (Å²) in [4.78, 5) is 12.4. The first-order valence-corrected chi connectivity index (χ1v) is 9.07. The van der Waals surface area contributed by atoms with Crippen molar-refractivity contribution >= 4 is 28.4 Å². The summed E-state index contributed by atoms with van der Waals surface area (Å²) in [5.74, 6) is 1.20. The van der Waals surface area contributed by atoms with Crippen molar-refractivity contribution in [2.45, 2.75) is 13.8 Å². The molecular weight excluding hydrogens is 338 g/mol. The summed E-state index contributed by atoms with van der Waals surface area (Å²) in [6, 6.07) is 19.4. The van der Waals surface area contributed by atoms with Crippen LogP contribution < -0.4 is 14.8 Å². The highest BCUT2D eigenvalue weighted by Crippen LogP contribution is 2.29. The largest absolute Gasteiger partial charge is 0.490 e. The first-order chi connectivity index (χ1) is 13.2. The second-order valence-electron chi connectivity index (χ2n) is 5.92. The molecule has 3 aromatic carbocycles. The molecule has 0 aliphatic carbocycles. The summed E-state index contributed by atoms with van der Waals surface area (Å²) in [6.45, 7) is 4.98. The smallest absolute Gasteiger partial charge is 0.248 e. The molecule has 1 N–H and O–H groups in total. The summed E-state index contributed by atoms with van der Waals surface area (Å²) in [5, 5.41) is 5.05. The van der Waals surface area contributed by atoms with Gasteiger partial charge in [0.1, 0.15) is 0 Å². The Kier molecular flexibility index (Phi) is 6.10. The summed E-state index contributed by atoms with van der Waals surface area (Å²) in [6.07, 6.45) is 3.28. The number of benzene rings is 3. The first-order valence-electron chi connectivity index (χ1n) is 9.07. The molecule has 0 spiro atoms. The van der Waals surface area contributed by atoms with E-state index in [4.69, 9.17) is 9.47 Å². The van der Waals surface area contributed by atoms with Gasteiger partial charge in [0.05, 0.1) is 13.2 Å². The molecule has 1 amide bonds. The molecule has 0 atom stereocenters. The van der Waals surface area contributed by atoms with Crippen LogP contribution in [0.25, 0.3) is 16.8 Å². The van der Waals surface area contributed by atoms with E-state index in [2.05, 4.69) is 5.32 Å². The van der Waals surface area contributed by atoms with Crippen LogP contribution in [0, 0.1) is 0 Å². The molecule has 0 saturated carbocycles. The van der Waals surface area contributed by atoms with Crippen molar-refractivity contribution in [3.63, 3.8) is 0 Å². The number of carbonyl (C=O) groups excluding carboxylic acids is 1. The first kappa shape index (κ1) is 18.5. The normalized spacial score (nSPS) is 10.9. The minimum Gasteiger partial charge on any atom is -0.490 e. The van der Waals surface area contributed by atoms with Crippen molar-refractivity contribution < 1.29 is 14.3 Å². The van der Waals surface area contributed by atoms with Gasteiger partial charge >= 0.3 is 0 Å². The van der Waals surface area contributed by atoms with Crippen LogP contribution in [-0.2, 0) is 4.79 Å². The lowest BCUT2D eigenvalue weighted by molar-refractivity contribution is -0.111. The number of amides is 1. The van der Waals surface area contributed by atoms with Crippen molar-refractivity contribution in [1.29, 1.82) is 0 Å². The molecule has 0 radical (unpaired) electrons. The third-order valence-electron chi connectivity index (χ3n) is 4.04. The standard InChI is InChI=1S/C23H23NO3/c1-3-26-21-14-12-17(16-22(21)27-4-2)13-15-23(25)24-20-11-7-9-18-8-5-6-10-19(18)20/h5-16H,3-4H2,1-2H3,(H,24,25). The SMILES string of the molecule is CCOc1ccc(C=CC(=O)Nc2cccc3ccccc23)cc1OCC. The average Bonchev–Trinajstić information content (AvgIpc) is 2.69. The van der Waals surface area contributed by atoms with Gasteiger partial charge in [0.25, 0.3) is 0 Å². The maximum Gasteiger partial charge on any atom is 0.248 e. The van der Waals surface area contributed by atoms with Crippen LogP contribution in [0.4, 0.5) is 5.69 Å². The van der Waals surface area contributed by atoms with E-state index in [1.54, 1.807) is 6.08 Å². The van der Waals surface area contributed by atoms with Crippen molar-refractivity contribution in [3.8, 4) is 11.5 Å². The molecular formula is C23H23NO3. The molecule has 4 heteroatoms. The van der Waals surface area contributed by atoms with E-state index in [1.165, 1.54) is 6.08 Å². The number of ether oxygens (including phenoxy) is 2. The molecule has 3 rings (SSSR count). The molecule has 0 fully saturated rings. The molecule has 0 saturated heterocycles. The lowest BCUT2D eigenvalue weighted by Crippen LogP contribution is -2.08. The molecule has 0 heterocycles. The second kappa shape index (κ2) is 8.90. The van der Waals surface area contributed by atoms with Crippen molar-refractivity contribution in [2.24, 2.45) is 0 Å². The molecule has 0 unspecified atom stereocenters. The van der Waals surface area contributed by atoms with Gasteiger partial charge in [0.15, 0.2) is 11.5 Å². The van der Waals surface area contributed by atoms with Crippen LogP contribution in [0.2, 0.25) is 0 Å². The zero-order valence-electron chi connectivity index (χ0n) is 15.6. The van der Waals surface area contributed by atoms with Crippen LogP contribution in [-0.4, -0.2) is 19.1 Å². The molecule has 0 bridgehead atoms. The lowest BCUT2D eigenvalue weighted by Gasteiger charge is -2.11. The number of hydrogen-bond acceptors (Lipinski definition) is 3. The highest BCUT2D eigenvalue weighted by atomic mass is 16.5. The van der Waals surface area contributed by atoms with Gasteiger partial charge in [-0.15, -0.1) is 0 Å². The van der Waals surface area contributed by atoms with E-state index in [1.807, 2.05) is 74.5 Å². The maximum absolute atomic E-state index is 12.4. The molecule has 27 heavy (non-hydrogen) atoms. The fourth-order valence-corrected chi connectivity index (χ4v) is 2.85. The van der Waals surface area contributed by atoms with Crippen LogP contribution in [0.5, 0.6) is 11.5 Å². The average molecular weight is 361 g/mol. The fraction of sp³-hybridized carbons (Fsp3) is 0.174. The Bertz CT molecular complexity index is 957. The number of nitrogens with one attached hydrogen (secondary N) is 1. The number of fused-ring (bicyclic) bond motifs is 1. The molecule has 0 aliphatic heterocycles. The van der Waals surface area contributed by atoms with Crippen LogP contribution in [0.3, 0.4) is 0 Å². The Balaban J connectivity index is 1.75. The van der Waals surface area contributed by atoms with Crippen molar-refractivity contribution in [1.82, 2.24) is 0 Å². The zero-order valence-corrected chi connectivity index (χ0v) is 15.6. The topological polar surface area (TPSA) is 47.6 Å². The van der Waals surface area contributed by atoms with Crippen LogP contribution >= 0.6 is 0 Å². The monoisotopic (exact) mass is 361 g/mol. The Morgan fingerprint density at radius 3 is 2.48 bits per heavy atom. The summed E-state index contributed by atoms with van der Waals surface area (Å²) in [5.41, 5.74) is 1.67. The van der Waals surface area contributed by atoms with E-state index in [-0.39, 0.29) is 5.91 Å². The molecule has 138 valence electrons. The quantitative estimate of drug-likeness (QED) is 0.582. The van der Waals surface area contributed by atoms with E-state index in [0.29, 0.717) is 24.7 Å². The maximum atomic E-state index is 12.4. The van der Waals surface area contributed by atoms with Gasteiger partial charge in [0.2, 0.25) is 5.91 Å². The summed E-state index contributed by atoms with van der Waals surface area (Å²) < 4.78 is 11.2. The van der Waals surface area contributed by atoms with Gasteiger partial charge in [-0.1, -0.05) is 42.5 Å². The molecule has 0 aromatic heterocycles. The Hall–Kier alpha value is -3.27. The predicted octanol–water partition coefficient (Wildman–Crippen LogP) is 5.29. The predicted molar refractivity (Wildman–Crippen MR) is 110 cm³/mol. The second-order valence-corrected chi connectivity index (χ2v) is 5.92. The molecule has 3 aromatic rings. The van der Waals surface area contributed by atoms with Gasteiger partial charge in [-0.2, -0.15) is 0 Å². The Labute approximate surface area is 159 Å². The Morgan fingerprint density at radius 2 is 1.67 bits per heavy atom. The number of carbonyl (C=O) groups is 1. The number of hydrogen-bond donors (Lipinski definition) is 1. The molecule has 0 aliphatic rings.